The molecule has 0 saturated heterocycles. The number of carbonyl (C=O) groups is 3. The molecule has 0 aliphatic heterocycles. The van der Waals surface area contributed by atoms with E-state index in [9.17, 15) is 14.4 Å². The predicted octanol–water partition coefficient (Wildman–Crippen LogP) is 0.837. The molecule has 1 aromatic heterocycles. The molecule has 0 aliphatic carbocycles. The molecular weight excluding hydrogens is 264 g/mol. The zero-order chi connectivity index (χ0) is 15.3. The molecule has 0 amide bonds. The van der Waals surface area contributed by atoms with Gasteiger partial charge in [0.25, 0.3) is 0 Å². The van der Waals surface area contributed by atoms with E-state index in [-0.39, 0.29) is 11.5 Å². The minimum Gasteiger partial charge on any atom is -0.478 e. The van der Waals surface area contributed by atoms with Crippen LogP contribution in [0, 0.1) is 5.92 Å². The third-order valence-electron chi connectivity index (χ3n) is 2.95. The molecule has 0 spiro atoms. The van der Waals surface area contributed by atoms with Gasteiger partial charge in [0.1, 0.15) is 6.04 Å². The van der Waals surface area contributed by atoms with Gasteiger partial charge in [0.15, 0.2) is 5.69 Å². The molecule has 7 nitrogen and oxygen atoms in total. The summed E-state index contributed by atoms with van der Waals surface area (Å²) in [6, 6.07) is 1.62. The highest BCUT2D eigenvalue weighted by molar-refractivity contribution is 6.04. The van der Waals surface area contributed by atoms with E-state index in [2.05, 4.69) is 9.72 Å². The zero-order valence-electron chi connectivity index (χ0n) is 11.2. The quantitative estimate of drug-likeness (QED) is 0.605. The summed E-state index contributed by atoms with van der Waals surface area (Å²) in [6.07, 6.45) is 1.89. The SMILES string of the molecule is CC[C@H](C)[C@H](N)C(=O)OC(=O)c1ncccc1C(=O)O. The molecule has 3 N–H and O–H groups in total. The minimum atomic E-state index is -1.33. The summed E-state index contributed by atoms with van der Waals surface area (Å²) in [5.41, 5.74) is 4.87. The lowest BCUT2D eigenvalue weighted by Crippen LogP contribution is -2.39. The molecule has 108 valence electrons. The highest BCUT2D eigenvalue weighted by Crippen LogP contribution is 2.10. The van der Waals surface area contributed by atoms with Gasteiger partial charge >= 0.3 is 17.9 Å². The van der Waals surface area contributed by atoms with E-state index in [0.29, 0.717) is 6.42 Å². The number of rotatable bonds is 5. The molecule has 1 heterocycles. The maximum Gasteiger partial charge on any atom is 0.365 e. The Labute approximate surface area is 115 Å². The van der Waals surface area contributed by atoms with Gasteiger partial charge in [-0.1, -0.05) is 20.3 Å². The van der Waals surface area contributed by atoms with E-state index in [1.165, 1.54) is 18.3 Å². The van der Waals surface area contributed by atoms with Crippen molar-refractivity contribution in [3.05, 3.63) is 29.6 Å². The summed E-state index contributed by atoms with van der Waals surface area (Å²) < 4.78 is 4.58. The number of nitrogens with two attached hydrogens (primary N) is 1. The molecular formula is C13H16N2O5. The first-order valence-electron chi connectivity index (χ1n) is 6.08. The van der Waals surface area contributed by atoms with Crippen molar-refractivity contribution in [2.45, 2.75) is 26.3 Å². The second-order valence-corrected chi connectivity index (χ2v) is 4.32. The molecule has 20 heavy (non-hydrogen) atoms. The molecule has 0 saturated carbocycles. The Kier molecular flexibility index (Phi) is 5.33. The third-order valence-corrected chi connectivity index (χ3v) is 2.95. The summed E-state index contributed by atoms with van der Waals surface area (Å²) in [6.45, 7) is 3.60. The van der Waals surface area contributed by atoms with Crippen LogP contribution in [0.25, 0.3) is 0 Å². The molecule has 0 fully saturated rings. The highest BCUT2D eigenvalue weighted by Gasteiger charge is 2.26. The molecule has 7 heteroatoms. The number of carboxylic acid groups (broad SMARTS) is 1. The second-order valence-electron chi connectivity index (χ2n) is 4.32. The first-order chi connectivity index (χ1) is 9.38. The van der Waals surface area contributed by atoms with E-state index in [1.807, 2.05) is 6.92 Å². The lowest BCUT2D eigenvalue weighted by atomic mass is 10.0. The fourth-order valence-corrected chi connectivity index (χ4v) is 1.43. The summed E-state index contributed by atoms with van der Waals surface area (Å²) in [5, 5.41) is 8.93. The number of hydrogen-bond donors (Lipinski definition) is 2. The number of aromatic carboxylic acids is 1. The summed E-state index contributed by atoms with van der Waals surface area (Å²) in [5.74, 6) is -3.50. The van der Waals surface area contributed by atoms with E-state index >= 15 is 0 Å². The first-order valence-corrected chi connectivity index (χ1v) is 6.08. The molecule has 1 aromatic rings. The monoisotopic (exact) mass is 280 g/mol. The number of ether oxygens (including phenoxy) is 1. The smallest absolute Gasteiger partial charge is 0.365 e. The minimum absolute atomic E-state index is 0.155. The average Bonchev–Trinajstić information content (AvgIpc) is 2.45. The predicted molar refractivity (Wildman–Crippen MR) is 69.0 cm³/mol. The van der Waals surface area contributed by atoms with Crippen molar-refractivity contribution >= 4 is 17.9 Å². The number of carbonyl (C=O) groups excluding carboxylic acids is 2. The van der Waals surface area contributed by atoms with Crippen molar-refractivity contribution in [1.82, 2.24) is 4.98 Å². The summed E-state index contributed by atoms with van der Waals surface area (Å²) in [7, 11) is 0. The first kappa shape index (κ1) is 15.8. The molecule has 2 atom stereocenters. The van der Waals surface area contributed by atoms with Crippen LogP contribution in [0.2, 0.25) is 0 Å². The number of aromatic nitrogens is 1. The Hall–Kier alpha value is -2.28. The molecule has 0 aliphatic rings. The van der Waals surface area contributed by atoms with Gasteiger partial charge in [-0.25, -0.2) is 19.4 Å². The van der Waals surface area contributed by atoms with E-state index in [1.54, 1.807) is 6.92 Å². The number of nitrogens with zero attached hydrogens (tertiary/aromatic N) is 1. The van der Waals surface area contributed by atoms with Crippen molar-refractivity contribution in [2.75, 3.05) is 0 Å². The van der Waals surface area contributed by atoms with Gasteiger partial charge in [-0.2, -0.15) is 0 Å². The standard InChI is InChI=1S/C13H16N2O5/c1-3-7(2)9(14)12(18)20-13(19)10-8(11(16)17)5-4-6-15-10/h4-7,9H,3,14H2,1-2H3,(H,16,17)/t7-,9-/m0/s1. The molecule has 1 rings (SSSR count). The highest BCUT2D eigenvalue weighted by atomic mass is 16.6. The third kappa shape index (κ3) is 3.61. The second kappa shape index (κ2) is 6.76. The Bertz CT molecular complexity index is 529. The normalized spacial score (nSPS) is 13.3. The lowest BCUT2D eigenvalue weighted by molar-refractivity contribution is -0.140. The Balaban J connectivity index is 2.87. The van der Waals surface area contributed by atoms with Crippen LogP contribution in [0.4, 0.5) is 0 Å². The fraction of sp³-hybridized carbons (Fsp3) is 0.385. The van der Waals surface area contributed by atoms with Gasteiger partial charge in [-0.3, -0.25) is 0 Å². The van der Waals surface area contributed by atoms with Crippen molar-refractivity contribution in [1.29, 1.82) is 0 Å². The number of hydrogen-bond acceptors (Lipinski definition) is 6. The summed E-state index contributed by atoms with van der Waals surface area (Å²) in [4.78, 5) is 38.0. The Morgan fingerprint density at radius 3 is 2.65 bits per heavy atom. The van der Waals surface area contributed by atoms with Crippen LogP contribution < -0.4 is 5.73 Å². The van der Waals surface area contributed by atoms with Crippen LogP contribution in [0.5, 0.6) is 0 Å². The Morgan fingerprint density at radius 1 is 1.45 bits per heavy atom. The van der Waals surface area contributed by atoms with Gasteiger partial charge in [0.2, 0.25) is 0 Å². The van der Waals surface area contributed by atoms with Crippen LogP contribution >= 0.6 is 0 Å². The van der Waals surface area contributed by atoms with Gasteiger partial charge in [0.05, 0.1) is 5.56 Å². The fourth-order valence-electron chi connectivity index (χ4n) is 1.43. The lowest BCUT2D eigenvalue weighted by Gasteiger charge is -2.15. The van der Waals surface area contributed by atoms with E-state index in [4.69, 9.17) is 10.8 Å². The summed E-state index contributed by atoms with van der Waals surface area (Å²) >= 11 is 0. The topological polar surface area (TPSA) is 120 Å². The maximum absolute atomic E-state index is 11.8. The largest absolute Gasteiger partial charge is 0.478 e. The molecule has 0 aromatic carbocycles. The van der Waals surface area contributed by atoms with Crippen molar-refractivity contribution in [3.8, 4) is 0 Å². The van der Waals surface area contributed by atoms with Crippen LogP contribution in [-0.4, -0.2) is 34.0 Å². The van der Waals surface area contributed by atoms with Gasteiger partial charge in [-0.15, -0.1) is 0 Å². The molecule has 0 unspecified atom stereocenters. The van der Waals surface area contributed by atoms with E-state index in [0.717, 1.165) is 0 Å². The average molecular weight is 280 g/mol. The van der Waals surface area contributed by atoms with E-state index < -0.39 is 29.6 Å². The van der Waals surface area contributed by atoms with Crippen LogP contribution in [0.3, 0.4) is 0 Å². The van der Waals surface area contributed by atoms with Crippen molar-refractivity contribution < 1.29 is 24.2 Å². The zero-order valence-corrected chi connectivity index (χ0v) is 11.2. The van der Waals surface area contributed by atoms with Crippen molar-refractivity contribution in [3.63, 3.8) is 0 Å². The van der Waals surface area contributed by atoms with Gasteiger partial charge < -0.3 is 15.6 Å². The Morgan fingerprint density at radius 2 is 2.10 bits per heavy atom. The molecule has 0 bridgehead atoms. The number of esters is 2. The van der Waals surface area contributed by atoms with Gasteiger partial charge in [-0.05, 0) is 18.1 Å². The van der Waals surface area contributed by atoms with Crippen LogP contribution in [0.15, 0.2) is 18.3 Å². The number of pyridine rings is 1. The van der Waals surface area contributed by atoms with Gasteiger partial charge in [0, 0.05) is 6.20 Å². The van der Waals surface area contributed by atoms with Crippen LogP contribution in [-0.2, 0) is 9.53 Å². The molecule has 0 radical (unpaired) electrons. The maximum atomic E-state index is 11.8. The number of carboxylic acids is 1. The van der Waals surface area contributed by atoms with Crippen molar-refractivity contribution in [2.24, 2.45) is 11.7 Å². The van der Waals surface area contributed by atoms with Crippen LogP contribution in [0.1, 0.15) is 41.1 Å².